The van der Waals surface area contributed by atoms with Gasteiger partial charge in [0.05, 0.1) is 0 Å². The van der Waals surface area contributed by atoms with E-state index in [2.05, 4.69) is 11.3 Å². The summed E-state index contributed by atoms with van der Waals surface area (Å²) in [6, 6.07) is 0. The molecular weight excluding hydrogens is 112 g/mol. The molecule has 0 saturated carbocycles. The topological polar surface area (TPSA) is 66.8 Å². The average Bonchev–Trinajstić information content (AvgIpc) is 1.61. The highest BCUT2D eigenvalue weighted by Gasteiger charge is 1.94. The molecule has 0 aliphatic heterocycles. The Labute approximate surface area is 46.0 Å². The SMILES string of the molecule is C=C(O)COC(=O)O. The third-order valence-electron chi connectivity index (χ3n) is 0.362. The summed E-state index contributed by atoms with van der Waals surface area (Å²) in [4.78, 5) is 9.53. The van der Waals surface area contributed by atoms with Gasteiger partial charge in [-0.2, -0.15) is 0 Å². The van der Waals surface area contributed by atoms with E-state index in [9.17, 15) is 4.79 Å². The van der Waals surface area contributed by atoms with E-state index in [4.69, 9.17) is 10.2 Å². The Balaban J connectivity index is 3.18. The first-order valence-corrected chi connectivity index (χ1v) is 1.85. The predicted molar refractivity (Wildman–Crippen MR) is 25.7 cm³/mol. The summed E-state index contributed by atoms with van der Waals surface area (Å²) in [5, 5.41) is 16.0. The summed E-state index contributed by atoms with van der Waals surface area (Å²) >= 11 is 0. The van der Waals surface area contributed by atoms with Gasteiger partial charge in [0.15, 0.2) is 6.61 Å². The fraction of sp³-hybridized carbons (Fsp3) is 0.250. The third-order valence-corrected chi connectivity index (χ3v) is 0.362. The highest BCUT2D eigenvalue weighted by Crippen LogP contribution is 1.83. The van der Waals surface area contributed by atoms with E-state index in [1.807, 2.05) is 0 Å². The van der Waals surface area contributed by atoms with E-state index in [1.165, 1.54) is 0 Å². The fourth-order valence-electron chi connectivity index (χ4n) is 0.145. The maximum atomic E-state index is 9.53. The molecule has 0 heterocycles. The summed E-state index contributed by atoms with van der Waals surface area (Å²) < 4.78 is 3.87. The zero-order valence-electron chi connectivity index (χ0n) is 4.13. The molecule has 46 valence electrons. The zero-order valence-corrected chi connectivity index (χ0v) is 4.13. The molecular formula is C4H6O4. The molecule has 0 rings (SSSR count). The van der Waals surface area contributed by atoms with Gasteiger partial charge in [0.25, 0.3) is 0 Å². The van der Waals surface area contributed by atoms with Crippen molar-refractivity contribution >= 4 is 6.16 Å². The minimum atomic E-state index is -1.42. The number of hydrogen-bond donors (Lipinski definition) is 2. The van der Waals surface area contributed by atoms with Gasteiger partial charge in [-0.3, -0.25) is 0 Å². The van der Waals surface area contributed by atoms with Gasteiger partial charge in [-0.05, 0) is 0 Å². The van der Waals surface area contributed by atoms with E-state index in [0.29, 0.717) is 0 Å². The van der Waals surface area contributed by atoms with Crippen LogP contribution in [0.25, 0.3) is 0 Å². The van der Waals surface area contributed by atoms with E-state index in [0.717, 1.165) is 0 Å². The lowest BCUT2D eigenvalue weighted by atomic mass is 10.6. The van der Waals surface area contributed by atoms with Crippen LogP contribution in [-0.2, 0) is 4.74 Å². The minimum absolute atomic E-state index is 0.299. The van der Waals surface area contributed by atoms with E-state index < -0.39 is 6.16 Å². The van der Waals surface area contributed by atoms with Crippen molar-refractivity contribution in [3.05, 3.63) is 12.3 Å². The highest BCUT2D eigenvalue weighted by atomic mass is 16.7. The molecule has 0 bridgehead atoms. The number of rotatable bonds is 2. The number of aliphatic hydroxyl groups is 1. The molecule has 0 unspecified atom stereocenters. The van der Waals surface area contributed by atoms with Crippen LogP contribution in [0.3, 0.4) is 0 Å². The fourth-order valence-corrected chi connectivity index (χ4v) is 0.145. The van der Waals surface area contributed by atoms with Crippen molar-refractivity contribution in [2.24, 2.45) is 0 Å². The minimum Gasteiger partial charge on any atom is -0.509 e. The summed E-state index contributed by atoms with van der Waals surface area (Å²) in [6.45, 7) is 2.64. The Morgan fingerprint density at radius 1 is 1.62 bits per heavy atom. The van der Waals surface area contributed by atoms with Gasteiger partial charge in [-0.1, -0.05) is 6.58 Å². The van der Waals surface area contributed by atoms with Gasteiger partial charge in [0.1, 0.15) is 5.76 Å². The highest BCUT2D eigenvalue weighted by molar-refractivity contribution is 5.56. The van der Waals surface area contributed by atoms with Crippen LogP contribution in [0.5, 0.6) is 0 Å². The van der Waals surface area contributed by atoms with Gasteiger partial charge in [0.2, 0.25) is 0 Å². The molecule has 0 atom stereocenters. The molecule has 0 aromatic rings. The molecule has 0 aromatic heterocycles. The molecule has 0 saturated heterocycles. The molecule has 0 fully saturated rings. The van der Waals surface area contributed by atoms with Crippen LogP contribution >= 0.6 is 0 Å². The second-order valence-corrected chi connectivity index (χ2v) is 1.12. The molecule has 0 radical (unpaired) electrons. The molecule has 2 N–H and O–H groups in total. The number of carbonyl (C=O) groups is 1. The van der Waals surface area contributed by atoms with Crippen LogP contribution in [0.1, 0.15) is 0 Å². The maximum absolute atomic E-state index is 9.53. The number of aliphatic hydroxyl groups excluding tert-OH is 1. The van der Waals surface area contributed by atoms with Gasteiger partial charge in [-0.15, -0.1) is 0 Å². The lowest BCUT2D eigenvalue weighted by molar-refractivity contribution is 0.0902. The second kappa shape index (κ2) is 2.90. The molecule has 4 heteroatoms. The molecule has 0 aromatic carbocycles. The van der Waals surface area contributed by atoms with Crippen molar-refractivity contribution in [2.45, 2.75) is 0 Å². The largest absolute Gasteiger partial charge is 0.509 e. The number of ether oxygens (including phenoxy) is 1. The predicted octanol–water partition coefficient (Wildman–Crippen LogP) is 0.753. The Kier molecular flexibility index (Phi) is 2.47. The van der Waals surface area contributed by atoms with Gasteiger partial charge in [-0.25, -0.2) is 4.79 Å². The van der Waals surface area contributed by atoms with E-state index in [1.54, 1.807) is 0 Å². The molecule has 0 spiro atoms. The standard InChI is InChI=1S/C4H6O4/c1-3(5)2-8-4(6)7/h5H,1-2H2,(H,6,7). The van der Waals surface area contributed by atoms with Gasteiger partial charge < -0.3 is 14.9 Å². The smallest absolute Gasteiger partial charge is 0.506 e. The van der Waals surface area contributed by atoms with Crippen LogP contribution in [0.2, 0.25) is 0 Å². The first kappa shape index (κ1) is 6.81. The molecule has 0 aliphatic carbocycles. The molecule has 4 nitrogen and oxygen atoms in total. The van der Waals surface area contributed by atoms with Crippen LogP contribution in [0.15, 0.2) is 12.3 Å². The maximum Gasteiger partial charge on any atom is 0.506 e. The lowest BCUT2D eigenvalue weighted by Crippen LogP contribution is -2.02. The summed E-state index contributed by atoms with van der Waals surface area (Å²) in [5.41, 5.74) is 0. The quantitative estimate of drug-likeness (QED) is 0.414. The van der Waals surface area contributed by atoms with E-state index >= 15 is 0 Å². The van der Waals surface area contributed by atoms with Gasteiger partial charge in [0, 0.05) is 0 Å². The number of hydrogen-bond acceptors (Lipinski definition) is 3. The molecule has 8 heavy (non-hydrogen) atoms. The van der Waals surface area contributed by atoms with E-state index in [-0.39, 0.29) is 12.4 Å². The summed E-state index contributed by atoms with van der Waals surface area (Å²) in [6.07, 6.45) is -1.42. The van der Waals surface area contributed by atoms with Crippen molar-refractivity contribution in [2.75, 3.05) is 6.61 Å². The first-order valence-electron chi connectivity index (χ1n) is 1.85. The summed E-state index contributed by atoms with van der Waals surface area (Å²) in [5.74, 6) is -0.299. The molecule has 0 amide bonds. The van der Waals surface area contributed by atoms with Crippen LogP contribution in [0.4, 0.5) is 4.79 Å². The van der Waals surface area contributed by atoms with Crippen LogP contribution in [-0.4, -0.2) is 23.0 Å². The van der Waals surface area contributed by atoms with Crippen molar-refractivity contribution in [3.8, 4) is 0 Å². The van der Waals surface area contributed by atoms with Gasteiger partial charge >= 0.3 is 6.16 Å². The zero-order chi connectivity index (χ0) is 6.57. The Morgan fingerprint density at radius 3 is 2.25 bits per heavy atom. The van der Waals surface area contributed by atoms with Crippen LogP contribution in [0, 0.1) is 0 Å². The molecule has 0 aliphatic rings. The van der Waals surface area contributed by atoms with Crippen molar-refractivity contribution in [1.29, 1.82) is 0 Å². The Bertz CT molecular complexity index is 92.6. The third kappa shape index (κ3) is 4.81. The van der Waals surface area contributed by atoms with Crippen LogP contribution < -0.4 is 0 Å². The van der Waals surface area contributed by atoms with Crippen molar-refractivity contribution in [1.82, 2.24) is 0 Å². The Morgan fingerprint density at radius 2 is 2.12 bits per heavy atom. The number of carboxylic acid groups (broad SMARTS) is 1. The average molecular weight is 118 g/mol. The normalized spacial score (nSPS) is 8.00. The van der Waals surface area contributed by atoms with Crippen molar-refractivity contribution in [3.63, 3.8) is 0 Å². The lowest BCUT2D eigenvalue weighted by Gasteiger charge is -1.94. The first-order chi connectivity index (χ1) is 3.63. The van der Waals surface area contributed by atoms with Crippen molar-refractivity contribution < 1.29 is 19.7 Å². The Hall–Kier alpha value is -1.19. The second-order valence-electron chi connectivity index (χ2n) is 1.12. The summed E-state index contributed by atoms with van der Waals surface area (Å²) in [7, 11) is 0. The monoisotopic (exact) mass is 118 g/mol.